The third kappa shape index (κ3) is 3.29. The lowest BCUT2D eigenvalue weighted by Crippen LogP contribution is -2.31. The summed E-state index contributed by atoms with van der Waals surface area (Å²) >= 11 is 0. The van der Waals surface area contributed by atoms with E-state index in [2.05, 4.69) is 12.2 Å². The lowest BCUT2D eigenvalue weighted by Gasteiger charge is -2.21. The largest absolute Gasteiger partial charge is 0.310 e. The fourth-order valence-electron chi connectivity index (χ4n) is 2.73. The minimum Gasteiger partial charge on any atom is -0.310 e. The molecule has 0 aromatic heterocycles. The summed E-state index contributed by atoms with van der Waals surface area (Å²) < 4.78 is 13.1. The van der Waals surface area contributed by atoms with E-state index >= 15 is 0 Å². The maximum atomic E-state index is 13.1. The van der Waals surface area contributed by atoms with E-state index in [0.717, 1.165) is 23.6 Å². The van der Waals surface area contributed by atoms with Gasteiger partial charge in [-0.3, -0.25) is 0 Å². The Kier molecular flexibility index (Phi) is 4.16. The molecule has 1 aliphatic carbocycles. The van der Waals surface area contributed by atoms with Crippen molar-refractivity contribution in [2.75, 3.05) is 0 Å². The summed E-state index contributed by atoms with van der Waals surface area (Å²) in [6, 6.07) is 5.57. The average Bonchev–Trinajstić information content (AvgIpc) is 2.83. The van der Waals surface area contributed by atoms with E-state index in [-0.39, 0.29) is 5.82 Å². The standard InChI is InChI=1S/C15H22FN/c1-11-7-8-15(16)9-14(11)10-17-12(2)13-5-3-4-6-13/h7-9,12-13,17H,3-6,10H2,1-2H3. The summed E-state index contributed by atoms with van der Waals surface area (Å²) in [6.07, 6.45) is 5.43. The third-order valence-electron chi connectivity index (χ3n) is 4.03. The second kappa shape index (κ2) is 5.63. The molecular weight excluding hydrogens is 213 g/mol. The van der Waals surface area contributed by atoms with E-state index in [0.29, 0.717) is 6.04 Å². The van der Waals surface area contributed by atoms with Crippen molar-refractivity contribution in [1.82, 2.24) is 5.32 Å². The van der Waals surface area contributed by atoms with Gasteiger partial charge in [-0.15, -0.1) is 0 Å². The van der Waals surface area contributed by atoms with Crippen molar-refractivity contribution in [1.29, 1.82) is 0 Å². The van der Waals surface area contributed by atoms with E-state index < -0.39 is 0 Å². The van der Waals surface area contributed by atoms with E-state index in [4.69, 9.17) is 0 Å². The maximum absolute atomic E-state index is 13.1. The second-order valence-electron chi connectivity index (χ2n) is 5.28. The van der Waals surface area contributed by atoms with E-state index in [9.17, 15) is 4.39 Å². The molecule has 0 heterocycles. The maximum Gasteiger partial charge on any atom is 0.123 e. The highest BCUT2D eigenvalue weighted by molar-refractivity contribution is 5.26. The highest BCUT2D eigenvalue weighted by Crippen LogP contribution is 2.27. The Hall–Kier alpha value is -0.890. The van der Waals surface area contributed by atoms with Crippen LogP contribution in [0.3, 0.4) is 0 Å². The zero-order valence-electron chi connectivity index (χ0n) is 10.8. The van der Waals surface area contributed by atoms with Crippen molar-refractivity contribution in [3.05, 3.63) is 35.1 Å². The quantitative estimate of drug-likeness (QED) is 0.837. The number of aryl methyl sites for hydroxylation is 1. The summed E-state index contributed by atoms with van der Waals surface area (Å²) in [5, 5.41) is 3.54. The number of hydrogen-bond donors (Lipinski definition) is 1. The molecule has 1 saturated carbocycles. The van der Waals surface area contributed by atoms with Crippen LogP contribution in [0.15, 0.2) is 18.2 Å². The van der Waals surface area contributed by atoms with Gasteiger partial charge in [0.25, 0.3) is 0 Å². The zero-order valence-corrected chi connectivity index (χ0v) is 10.8. The van der Waals surface area contributed by atoms with Crippen molar-refractivity contribution in [3.8, 4) is 0 Å². The molecule has 1 N–H and O–H groups in total. The van der Waals surface area contributed by atoms with Crippen LogP contribution in [0.5, 0.6) is 0 Å². The van der Waals surface area contributed by atoms with Crippen LogP contribution in [0.25, 0.3) is 0 Å². The minimum absolute atomic E-state index is 0.138. The minimum atomic E-state index is -0.138. The van der Waals surface area contributed by atoms with Gasteiger partial charge >= 0.3 is 0 Å². The van der Waals surface area contributed by atoms with Crippen LogP contribution >= 0.6 is 0 Å². The van der Waals surface area contributed by atoms with Gasteiger partial charge in [0.2, 0.25) is 0 Å². The van der Waals surface area contributed by atoms with Gasteiger partial charge in [-0.1, -0.05) is 18.9 Å². The van der Waals surface area contributed by atoms with Crippen molar-refractivity contribution in [2.45, 2.75) is 52.1 Å². The Morgan fingerprint density at radius 2 is 2.06 bits per heavy atom. The lowest BCUT2D eigenvalue weighted by atomic mass is 9.99. The summed E-state index contributed by atoms with van der Waals surface area (Å²) in [4.78, 5) is 0. The van der Waals surface area contributed by atoms with Crippen LogP contribution in [0.2, 0.25) is 0 Å². The van der Waals surface area contributed by atoms with Crippen LogP contribution in [0.1, 0.15) is 43.7 Å². The molecule has 0 spiro atoms. The predicted octanol–water partition coefficient (Wildman–Crippen LogP) is 3.80. The molecule has 0 bridgehead atoms. The molecule has 1 aromatic rings. The molecule has 94 valence electrons. The number of nitrogens with one attached hydrogen (secondary N) is 1. The monoisotopic (exact) mass is 235 g/mol. The average molecular weight is 235 g/mol. The molecule has 1 nitrogen and oxygen atoms in total. The summed E-state index contributed by atoms with van der Waals surface area (Å²) in [7, 11) is 0. The first-order valence-electron chi connectivity index (χ1n) is 6.65. The first-order chi connectivity index (χ1) is 8.16. The van der Waals surface area contributed by atoms with E-state index in [1.165, 1.54) is 31.7 Å². The van der Waals surface area contributed by atoms with Gasteiger partial charge in [-0.2, -0.15) is 0 Å². The summed E-state index contributed by atoms with van der Waals surface area (Å²) in [5.74, 6) is 0.671. The first kappa shape index (κ1) is 12.6. The summed E-state index contributed by atoms with van der Waals surface area (Å²) in [5.41, 5.74) is 2.24. The molecule has 1 atom stereocenters. The van der Waals surface area contributed by atoms with Crippen molar-refractivity contribution < 1.29 is 4.39 Å². The topological polar surface area (TPSA) is 12.0 Å². The fourth-order valence-corrected chi connectivity index (χ4v) is 2.73. The molecule has 17 heavy (non-hydrogen) atoms. The Balaban J connectivity index is 1.90. The molecule has 1 aliphatic rings. The molecule has 0 aliphatic heterocycles. The van der Waals surface area contributed by atoms with Crippen LogP contribution < -0.4 is 5.32 Å². The van der Waals surface area contributed by atoms with Gasteiger partial charge in [0.1, 0.15) is 5.82 Å². The molecule has 2 heteroatoms. The SMILES string of the molecule is Cc1ccc(F)cc1CNC(C)C1CCCC1. The van der Waals surface area contributed by atoms with Crippen molar-refractivity contribution >= 4 is 0 Å². The molecule has 2 rings (SSSR count). The molecular formula is C15H22FN. The zero-order chi connectivity index (χ0) is 12.3. The van der Waals surface area contributed by atoms with E-state index in [1.54, 1.807) is 6.07 Å². The van der Waals surface area contributed by atoms with Crippen molar-refractivity contribution in [3.63, 3.8) is 0 Å². The smallest absolute Gasteiger partial charge is 0.123 e. The van der Waals surface area contributed by atoms with Gasteiger partial charge in [0.15, 0.2) is 0 Å². The van der Waals surface area contributed by atoms with Crippen LogP contribution in [0.4, 0.5) is 4.39 Å². The fraction of sp³-hybridized carbons (Fsp3) is 0.600. The van der Waals surface area contributed by atoms with E-state index in [1.807, 2.05) is 13.0 Å². The molecule has 1 aromatic carbocycles. The Labute approximate surface area is 103 Å². The Bertz CT molecular complexity index is 369. The highest BCUT2D eigenvalue weighted by atomic mass is 19.1. The van der Waals surface area contributed by atoms with Crippen LogP contribution in [0, 0.1) is 18.7 Å². The van der Waals surface area contributed by atoms with Gasteiger partial charge < -0.3 is 5.32 Å². The third-order valence-corrected chi connectivity index (χ3v) is 4.03. The molecule has 1 fully saturated rings. The molecule has 1 unspecified atom stereocenters. The summed E-state index contributed by atoms with van der Waals surface area (Å²) in [6.45, 7) is 5.07. The first-order valence-corrected chi connectivity index (χ1v) is 6.65. The van der Waals surface area contributed by atoms with Gasteiger partial charge in [0.05, 0.1) is 0 Å². The van der Waals surface area contributed by atoms with Crippen molar-refractivity contribution in [2.24, 2.45) is 5.92 Å². The molecule has 0 saturated heterocycles. The Morgan fingerprint density at radius 1 is 1.35 bits per heavy atom. The van der Waals surface area contributed by atoms with Gasteiger partial charge in [0, 0.05) is 12.6 Å². The Morgan fingerprint density at radius 3 is 2.76 bits per heavy atom. The highest BCUT2D eigenvalue weighted by Gasteiger charge is 2.20. The predicted molar refractivity (Wildman–Crippen MR) is 69.4 cm³/mol. The molecule has 0 radical (unpaired) electrons. The lowest BCUT2D eigenvalue weighted by molar-refractivity contribution is 0.380. The number of halogens is 1. The normalized spacial score (nSPS) is 18.5. The second-order valence-corrected chi connectivity index (χ2v) is 5.28. The van der Waals surface area contributed by atoms with Gasteiger partial charge in [-0.25, -0.2) is 4.39 Å². The van der Waals surface area contributed by atoms with Crippen LogP contribution in [-0.2, 0) is 6.54 Å². The van der Waals surface area contributed by atoms with Crippen LogP contribution in [-0.4, -0.2) is 6.04 Å². The number of rotatable bonds is 4. The molecule has 0 amide bonds. The van der Waals surface area contributed by atoms with Gasteiger partial charge in [-0.05, 0) is 55.9 Å². The number of benzene rings is 1. The number of hydrogen-bond acceptors (Lipinski definition) is 1.